The number of aromatic nitrogens is 2. The molecule has 0 radical (unpaired) electrons. The van der Waals surface area contributed by atoms with Crippen LogP contribution in [0.1, 0.15) is 11.5 Å². The molecular weight excluding hydrogens is 228 g/mol. The van der Waals surface area contributed by atoms with Crippen molar-refractivity contribution in [2.75, 3.05) is 13.2 Å². The van der Waals surface area contributed by atoms with Crippen LogP contribution in [0.15, 0.2) is 24.3 Å². The van der Waals surface area contributed by atoms with Gasteiger partial charge in [0, 0.05) is 11.3 Å². The summed E-state index contributed by atoms with van der Waals surface area (Å²) in [6.45, 7) is 5.07. The van der Waals surface area contributed by atoms with Crippen LogP contribution in [0, 0.1) is 13.8 Å². The van der Waals surface area contributed by atoms with E-state index < -0.39 is 0 Å². The summed E-state index contributed by atoms with van der Waals surface area (Å²) >= 11 is 0. The molecule has 0 amide bonds. The minimum Gasteiger partial charge on any atom is -0.486 e. The van der Waals surface area contributed by atoms with Gasteiger partial charge in [-0.15, -0.1) is 0 Å². The molecule has 0 fully saturated rings. The van der Waals surface area contributed by atoms with E-state index in [0.29, 0.717) is 13.2 Å². The first-order chi connectivity index (χ1) is 8.72. The summed E-state index contributed by atoms with van der Waals surface area (Å²) in [5.41, 5.74) is 2.90. The zero-order chi connectivity index (χ0) is 12.5. The highest BCUT2D eigenvalue weighted by Gasteiger charge is 2.13. The monoisotopic (exact) mass is 242 g/mol. The van der Waals surface area contributed by atoms with Gasteiger partial charge in [0.2, 0.25) is 0 Å². The number of nitrogens with zero attached hydrogens (tertiary/aromatic N) is 2. The normalized spacial score (nSPS) is 13.4. The van der Waals surface area contributed by atoms with E-state index in [1.54, 1.807) is 0 Å². The lowest BCUT2D eigenvalue weighted by Gasteiger charge is -2.18. The van der Waals surface area contributed by atoms with E-state index in [1.807, 2.05) is 38.1 Å². The lowest BCUT2D eigenvalue weighted by molar-refractivity contribution is 0.171. The van der Waals surface area contributed by atoms with Crippen molar-refractivity contribution in [2.45, 2.75) is 13.8 Å². The van der Waals surface area contributed by atoms with E-state index in [1.165, 1.54) is 0 Å². The summed E-state index contributed by atoms with van der Waals surface area (Å²) in [6.07, 6.45) is 0. The number of aryl methyl sites for hydroxylation is 2. The van der Waals surface area contributed by atoms with Gasteiger partial charge in [0.05, 0.1) is 5.69 Å². The van der Waals surface area contributed by atoms with Gasteiger partial charge in [0.1, 0.15) is 19.0 Å². The van der Waals surface area contributed by atoms with Crippen LogP contribution in [-0.4, -0.2) is 23.2 Å². The first-order valence-electron chi connectivity index (χ1n) is 5.95. The molecule has 1 aliphatic rings. The van der Waals surface area contributed by atoms with Crippen molar-refractivity contribution in [3.8, 4) is 22.8 Å². The fourth-order valence-corrected chi connectivity index (χ4v) is 2.07. The van der Waals surface area contributed by atoms with Crippen LogP contribution in [0.5, 0.6) is 11.5 Å². The summed E-state index contributed by atoms with van der Waals surface area (Å²) < 4.78 is 11.1. The van der Waals surface area contributed by atoms with Crippen molar-refractivity contribution < 1.29 is 9.47 Å². The second-order valence-electron chi connectivity index (χ2n) is 4.30. The molecule has 0 atom stereocenters. The highest BCUT2D eigenvalue weighted by molar-refractivity contribution is 5.64. The second kappa shape index (κ2) is 4.29. The van der Waals surface area contributed by atoms with Crippen molar-refractivity contribution in [2.24, 2.45) is 0 Å². The van der Waals surface area contributed by atoms with Crippen LogP contribution in [0.2, 0.25) is 0 Å². The zero-order valence-corrected chi connectivity index (χ0v) is 10.4. The van der Waals surface area contributed by atoms with E-state index >= 15 is 0 Å². The van der Waals surface area contributed by atoms with E-state index in [-0.39, 0.29) is 0 Å². The molecule has 1 aromatic heterocycles. The topological polar surface area (TPSA) is 44.2 Å². The first-order valence-corrected chi connectivity index (χ1v) is 5.95. The van der Waals surface area contributed by atoms with Crippen molar-refractivity contribution in [3.63, 3.8) is 0 Å². The lowest BCUT2D eigenvalue weighted by atomic mass is 10.1. The number of ether oxygens (including phenoxy) is 2. The maximum Gasteiger partial charge on any atom is 0.162 e. The van der Waals surface area contributed by atoms with Crippen LogP contribution < -0.4 is 9.47 Å². The van der Waals surface area contributed by atoms with Gasteiger partial charge in [-0.1, -0.05) is 0 Å². The zero-order valence-electron chi connectivity index (χ0n) is 10.4. The molecule has 4 nitrogen and oxygen atoms in total. The average Bonchev–Trinajstić information content (AvgIpc) is 2.37. The van der Waals surface area contributed by atoms with E-state index in [0.717, 1.165) is 34.3 Å². The molecule has 0 saturated carbocycles. The molecule has 2 heterocycles. The number of rotatable bonds is 1. The average molecular weight is 242 g/mol. The summed E-state index contributed by atoms with van der Waals surface area (Å²) in [7, 11) is 0. The molecule has 92 valence electrons. The summed E-state index contributed by atoms with van der Waals surface area (Å²) in [6, 6.07) is 7.86. The van der Waals surface area contributed by atoms with E-state index in [9.17, 15) is 0 Å². The summed E-state index contributed by atoms with van der Waals surface area (Å²) in [5.74, 6) is 2.36. The van der Waals surface area contributed by atoms with Gasteiger partial charge < -0.3 is 9.47 Å². The Morgan fingerprint density at radius 1 is 0.944 bits per heavy atom. The van der Waals surface area contributed by atoms with Gasteiger partial charge in [-0.2, -0.15) is 0 Å². The molecule has 3 rings (SSSR count). The predicted molar refractivity (Wildman–Crippen MR) is 67.9 cm³/mol. The van der Waals surface area contributed by atoms with E-state index in [4.69, 9.17) is 9.47 Å². The van der Waals surface area contributed by atoms with Crippen LogP contribution in [0.3, 0.4) is 0 Å². The lowest BCUT2D eigenvalue weighted by Crippen LogP contribution is -2.15. The Morgan fingerprint density at radius 3 is 2.50 bits per heavy atom. The molecule has 0 spiro atoms. The maximum atomic E-state index is 5.58. The Hall–Kier alpha value is -2.10. The van der Waals surface area contributed by atoms with Crippen LogP contribution in [-0.2, 0) is 0 Å². The standard InChI is InChI=1S/C14H14N2O2/c1-9-7-12(16-10(2)15-9)11-3-4-13-14(8-11)18-6-5-17-13/h3-4,7-8H,5-6H2,1-2H3. The fourth-order valence-electron chi connectivity index (χ4n) is 2.07. The molecule has 0 saturated heterocycles. The molecule has 1 aromatic carbocycles. The molecular formula is C14H14N2O2. The third kappa shape index (κ3) is 2.01. The van der Waals surface area contributed by atoms with Gasteiger partial charge >= 0.3 is 0 Å². The quantitative estimate of drug-likeness (QED) is 0.770. The highest BCUT2D eigenvalue weighted by atomic mass is 16.6. The van der Waals surface area contributed by atoms with Gasteiger partial charge in [-0.3, -0.25) is 0 Å². The maximum absolute atomic E-state index is 5.58. The first kappa shape index (κ1) is 11.0. The molecule has 1 aliphatic heterocycles. The Bertz CT molecular complexity index is 576. The molecule has 0 aliphatic carbocycles. The summed E-state index contributed by atoms with van der Waals surface area (Å²) in [4.78, 5) is 8.73. The minimum atomic E-state index is 0.596. The van der Waals surface area contributed by atoms with Crippen LogP contribution >= 0.6 is 0 Å². The molecule has 2 aromatic rings. The molecule has 0 N–H and O–H groups in total. The molecule has 18 heavy (non-hydrogen) atoms. The SMILES string of the molecule is Cc1cc(-c2ccc3c(c2)OCCO3)nc(C)n1. The Balaban J connectivity index is 2.06. The van der Waals surface area contributed by atoms with Crippen LogP contribution in [0.4, 0.5) is 0 Å². The van der Waals surface area contributed by atoms with Gasteiger partial charge in [-0.05, 0) is 38.1 Å². The molecule has 4 heteroatoms. The number of hydrogen-bond acceptors (Lipinski definition) is 4. The predicted octanol–water partition coefficient (Wildman–Crippen LogP) is 2.53. The van der Waals surface area contributed by atoms with Crippen molar-refractivity contribution in [3.05, 3.63) is 35.8 Å². The van der Waals surface area contributed by atoms with Crippen molar-refractivity contribution >= 4 is 0 Å². The number of benzene rings is 1. The second-order valence-corrected chi connectivity index (χ2v) is 4.30. The smallest absolute Gasteiger partial charge is 0.162 e. The Labute approximate surface area is 106 Å². The minimum absolute atomic E-state index is 0.596. The van der Waals surface area contributed by atoms with Crippen LogP contribution in [0.25, 0.3) is 11.3 Å². The van der Waals surface area contributed by atoms with Gasteiger partial charge in [-0.25, -0.2) is 9.97 Å². The largest absolute Gasteiger partial charge is 0.486 e. The van der Waals surface area contributed by atoms with E-state index in [2.05, 4.69) is 9.97 Å². The third-order valence-electron chi connectivity index (χ3n) is 2.80. The van der Waals surface area contributed by atoms with Gasteiger partial charge in [0.25, 0.3) is 0 Å². The molecule has 0 unspecified atom stereocenters. The number of fused-ring (bicyclic) bond motifs is 1. The van der Waals surface area contributed by atoms with Gasteiger partial charge in [0.15, 0.2) is 11.5 Å². The Morgan fingerprint density at radius 2 is 1.72 bits per heavy atom. The highest BCUT2D eigenvalue weighted by Crippen LogP contribution is 2.33. The summed E-state index contributed by atoms with van der Waals surface area (Å²) in [5, 5.41) is 0. The fraction of sp³-hybridized carbons (Fsp3) is 0.286. The molecule has 0 bridgehead atoms. The Kier molecular flexibility index (Phi) is 2.63. The van der Waals surface area contributed by atoms with Crippen molar-refractivity contribution in [1.82, 2.24) is 9.97 Å². The van der Waals surface area contributed by atoms with Crippen molar-refractivity contribution in [1.29, 1.82) is 0 Å². The number of hydrogen-bond donors (Lipinski definition) is 0. The third-order valence-corrected chi connectivity index (χ3v) is 2.80.